The first kappa shape index (κ1) is 20.6. The standard InChI is InChI=1S/C22H21FN4O4S/c23-17-4-1-13(12-27-21-15(5-10-32-21)18(28)24-22(27)31)11-16(17)20(30)26-8-6-25(7-9-26)19(29)14-2-3-14/h1,4-5,10-11,14H,2-3,6-9,12H2,(H,24,28,31). The maximum atomic E-state index is 14.5. The second-order valence-corrected chi connectivity index (χ2v) is 9.09. The molecule has 2 aromatic heterocycles. The number of carbonyl (C=O) groups is 2. The highest BCUT2D eigenvalue weighted by molar-refractivity contribution is 7.16. The summed E-state index contributed by atoms with van der Waals surface area (Å²) in [5.41, 5.74) is -0.499. The van der Waals surface area contributed by atoms with Crippen LogP contribution in [0.15, 0.2) is 39.2 Å². The van der Waals surface area contributed by atoms with Gasteiger partial charge in [0.15, 0.2) is 0 Å². The van der Waals surface area contributed by atoms with E-state index in [-0.39, 0.29) is 23.9 Å². The fraction of sp³-hybridized carbons (Fsp3) is 0.364. The van der Waals surface area contributed by atoms with Crippen molar-refractivity contribution in [3.05, 3.63) is 67.4 Å². The molecule has 2 aliphatic rings. The second-order valence-electron chi connectivity index (χ2n) is 8.19. The summed E-state index contributed by atoms with van der Waals surface area (Å²) in [6.45, 7) is 1.71. The smallest absolute Gasteiger partial charge is 0.329 e. The normalized spacial score (nSPS) is 16.5. The van der Waals surface area contributed by atoms with Crippen LogP contribution in [0.25, 0.3) is 10.2 Å². The van der Waals surface area contributed by atoms with Crippen LogP contribution in [0.2, 0.25) is 0 Å². The highest BCUT2D eigenvalue weighted by Crippen LogP contribution is 2.31. The zero-order chi connectivity index (χ0) is 22.4. The Morgan fingerprint density at radius 3 is 2.50 bits per heavy atom. The number of nitrogens with zero attached hydrogens (tertiary/aromatic N) is 3. The molecule has 1 aliphatic carbocycles. The maximum absolute atomic E-state index is 14.5. The third-order valence-corrected chi connectivity index (χ3v) is 6.94. The van der Waals surface area contributed by atoms with Crippen LogP contribution in [0.1, 0.15) is 28.8 Å². The number of aromatic amines is 1. The summed E-state index contributed by atoms with van der Waals surface area (Å²) in [6, 6.07) is 5.84. The van der Waals surface area contributed by atoms with Crippen LogP contribution >= 0.6 is 11.3 Å². The van der Waals surface area contributed by atoms with Gasteiger partial charge in [0.05, 0.1) is 17.5 Å². The third kappa shape index (κ3) is 3.75. The number of H-pyrrole nitrogens is 1. The van der Waals surface area contributed by atoms with E-state index in [1.54, 1.807) is 21.2 Å². The molecule has 0 atom stereocenters. The van der Waals surface area contributed by atoms with Crippen molar-refractivity contribution in [1.29, 1.82) is 0 Å². The molecule has 1 saturated carbocycles. The zero-order valence-electron chi connectivity index (χ0n) is 17.2. The number of fused-ring (bicyclic) bond motifs is 1. The van der Waals surface area contributed by atoms with Gasteiger partial charge in [0.25, 0.3) is 11.5 Å². The molecule has 0 radical (unpaired) electrons. The molecule has 0 unspecified atom stereocenters. The molecule has 3 aromatic rings. The first-order valence-corrected chi connectivity index (χ1v) is 11.4. The molecule has 0 bridgehead atoms. The quantitative estimate of drug-likeness (QED) is 0.646. The average molecular weight is 456 g/mol. The summed E-state index contributed by atoms with van der Waals surface area (Å²) < 4.78 is 16.0. The molecule has 1 aliphatic heterocycles. The van der Waals surface area contributed by atoms with E-state index in [0.29, 0.717) is 42.0 Å². The van der Waals surface area contributed by atoms with Crippen molar-refractivity contribution < 1.29 is 14.0 Å². The Morgan fingerprint density at radius 2 is 1.78 bits per heavy atom. The predicted molar refractivity (Wildman–Crippen MR) is 117 cm³/mol. The number of benzene rings is 1. The van der Waals surface area contributed by atoms with Gasteiger partial charge in [-0.1, -0.05) is 6.07 Å². The van der Waals surface area contributed by atoms with Gasteiger partial charge >= 0.3 is 5.69 Å². The van der Waals surface area contributed by atoms with E-state index < -0.39 is 23.0 Å². The number of piperazine rings is 1. The lowest BCUT2D eigenvalue weighted by Crippen LogP contribution is -2.51. The summed E-state index contributed by atoms with van der Waals surface area (Å²) >= 11 is 1.27. The van der Waals surface area contributed by atoms with Gasteiger partial charge in [0, 0.05) is 32.1 Å². The zero-order valence-corrected chi connectivity index (χ0v) is 18.0. The summed E-state index contributed by atoms with van der Waals surface area (Å²) in [5, 5.41) is 2.13. The number of hydrogen-bond donors (Lipinski definition) is 1. The fourth-order valence-corrected chi connectivity index (χ4v) is 4.95. The van der Waals surface area contributed by atoms with E-state index in [1.807, 2.05) is 0 Å². The number of amides is 2. The number of aromatic nitrogens is 2. The van der Waals surface area contributed by atoms with E-state index in [2.05, 4.69) is 4.98 Å². The van der Waals surface area contributed by atoms with Gasteiger partial charge in [0.1, 0.15) is 10.6 Å². The molecule has 1 aromatic carbocycles. The minimum absolute atomic E-state index is 0.0654. The number of carbonyl (C=O) groups excluding carboxylic acids is 2. The van der Waals surface area contributed by atoms with Crippen molar-refractivity contribution in [2.45, 2.75) is 19.4 Å². The van der Waals surface area contributed by atoms with E-state index in [9.17, 15) is 23.6 Å². The monoisotopic (exact) mass is 456 g/mol. The molecule has 0 spiro atoms. The summed E-state index contributed by atoms with van der Waals surface area (Å²) in [6.07, 6.45) is 1.87. The molecule has 8 nitrogen and oxygen atoms in total. The van der Waals surface area contributed by atoms with Crippen molar-refractivity contribution >= 4 is 33.4 Å². The third-order valence-electron chi connectivity index (χ3n) is 6.01. The Hall–Kier alpha value is -3.27. The van der Waals surface area contributed by atoms with E-state index >= 15 is 0 Å². The number of thiophene rings is 1. The van der Waals surface area contributed by atoms with Gasteiger partial charge in [-0.15, -0.1) is 11.3 Å². The fourth-order valence-electron chi connectivity index (χ4n) is 4.06. The van der Waals surface area contributed by atoms with Crippen LogP contribution in [0, 0.1) is 11.7 Å². The largest absolute Gasteiger partial charge is 0.339 e. The Morgan fingerprint density at radius 1 is 1.06 bits per heavy atom. The van der Waals surface area contributed by atoms with Gasteiger partial charge in [0.2, 0.25) is 5.91 Å². The molecular formula is C22H21FN4O4S. The second kappa shape index (κ2) is 8.01. The molecule has 2 fully saturated rings. The molecule has 10 heteroatoms. The molecular weight excluding hydrogens is 435 g/mol. The van der Waals surface area contributed by atoms with Crippen LogP contribution in [-0.2, 0) is 11.3 Å². The highest BCUT2D eigenvalue weighted by atomic mass is 32.1. The summed E-state index contributed by atoms with van der Waals surface area (Å²) in [7, 11) is 0. The molecule has 3 heterocycles. The van der Waals surface area contributed by atoms with E-state index in [1.165, 1.54) is 34.1 Å². The van der Waals surface area contributed by atoms with Gasteiger partial charge in [-0.3, -0.25) is 23.9 Å². The van der Waals surface area contributed by atoms with Gasteiger partial charge in [-0.05, 0) is 42.0 Å². The van der Waals surface area contributed by atoms with Gasteiger partial charge < -0.3 is 9.80 Å². The van der Waals surface area contributed by atoms with Crippen LogP contribution in [0.4, 0.5) is 4.39 Å². The lowest BCUT2D eigenvalue weighted by Gasteiger charge is -2.35. The van der Waals surface area contributed by atoms with Crippen LogP contribution in [0.5, 0.6) is 0 Å². The van der Waals surface area contributed by atoms with Crippen molar-refractivity contribution in [2.24, 2.45) is 5.92 Å². The lowest BCUT2D eigenvalue weighted by molar-refractivity contribution is -0.134. The summed E-state index contributed by atoms with van der Waals surface area (Å²) in [5.74, 6) is -0.780. The maximum Gasteiger partial charge on any atom is 0.329 e. The minimum atomic E-state index is -0.634. The number of hydrogen-bond acceptors (Lipinski definition) is 5. The SMILES string of the molecule is O=C(c1cc(Cn2c(=O)[nH]c(=O)c3ccsc32)ccc1F)N1CCN(C(=O)C2CC2)CC1. The first-order chi connectivity index (χ1) is 15.4. The number of nitrogens with one attached hydrogen (secondary N) is 1. The minimum Gasteiger partial charge on any atom is -0.339 e. The molecule has 32 heavy (non-hydrogen) atoms. The molecule has 1 N–H and O–H groups in total. The van der Waals surface area contributed by atoms with Crippen LogP contribution in [0.3, 0.4) is 0 Å². The van der Waals surface area contributed by atoms with Crippen molar-refractivity contribution in [2.75, 3.05) is 26.2 Å². The van der Waals surface area contributed by atoms with Gasteiger partial charge in [-0.25, -0.2) is 9.18 Å². The molecule has 166 valence electrons. The molecule has 1 saturated heterocycles. The lowest BCUT2D eigenvalue weighted by atomic mass is 10.1. The van der Waals surface area contributed by atoms with Gasteiger partial charge in [-0.2, -0.15) is 0 Å². The Bertz CT molecular complexity index is 1330. The average Bonchev–Trinajstić information content (AvgIpc) is 3.53. The van der Waals surface area contributed by atoms with Crippen LogP contribution < -0.4 is 11.2 Å². The highest BCUT2D eigenvalue weighted by Gasteiger charge is 2.35. The molecule has 2 amide bonds. The summed E-state index contributed by atoms with van der Waals surface area (Å²) in [4.78, 5) is 55.7. The Kier molecular flexibility index (Phi) is 5.16. The number of halogens is 1. The van der Waals surface area contributed by atoms with Crippen molar-refractivity contribution in [1.82, 2.24) is 19.4 Å². The number of rotatable bonds is 4. The van der Waals surface area contributed by atoms with Crippen molar-refractivity contribution in [3.8, 4) is 0 Å². The Labute approximate surface area is 185 Å². The van der Waals surface area contributed by atoms with E-state index in [4.69, 9.17) is 0 Å². The van der Waals surface area contributed by atoms with E-state index in [0.717, 1.165) is 12.8 Å². The first-order valence-electron chi connectivity index (χ1n) is 10.5. The van der Waals surface area contributed by atoms with Crippen molar-refractivity contribution in [3.63, 3.8) is 0 Å². The predicted octanol–water partition coefficient (Wildman–Crippen LogP) is 1.63. The molecule has 5 rings (SSSR count). The van der Waals surface area contributed by atoms with Crippen LogP contribution in [-0.4, -0.2) is 57.3 Å². The topological polar surface area (TPSA) is 95.5 Å². The Balaban J connectivity index is 1.36.